The Labute approximate surface area is 236 Å². The van der Waals surface area contributed by atoms with Crippen LogP contribution in [-0.2, 0) is 35.8 Å². The zero-order valence-electron chi connectivity index (χ0n) is 22.3. The van der Waals surface area contributed by atoms with Crippen LogP contribution >= 0.6 is 0 Å². The highest BCUT2D eigenvalue weighted by molar-refractivity contribution is 5.89. The van der Waals surface area contributed by atoms with Crippen LogP contribution in [0.25, 0.3) is 0 Å². The standard InChI is InChI=1S/C24H28N2O9.C2HF3O2/c1-11(27)21(30)25-13(22(31)32)10-17(29)34-15-5-6-24(33)16-9-12-3-4-14(28)19-18(12)23(24,20(15)35-19)7-8-26(16)2;3-2(4,5)1(6)7/h3-5,11,13,16,20,27-28,33H,6-10H2,1-2H3,(H,25,30)(H,31,32);(H,6,7)/t11-,13-,16+,20-,23-,24+;/m0./s1. The van der Waals surface area contributed by atoms with E-state index < -0.39 is 65.7 Å². The molecule has 6 atom stereocenters. The zero-order chi connectivity index (χ0) is 31.4. The molecule has 1 amide bonds. The highest BCUT2D eigenvalue weighted by Gasteiger charge is 2.72. The first-order valence-corrected chi connectivity index (χ1v) is 12.8. The van der Waals surface area contributed by atoms with Crippen molar-refractivity contribution < 1.29 is 67.4 Å². The average molecular weight is 603 g/mol. The fraction of sp³-hybridized carbons (Fsp3) is 0.538. The van der Waals surface area contributed by atoms with Crippen LogP contribution < -0.4 is 10.1 Å². The van der Waals surface area contributed by atoms with E-state index in [1.165, 1.54) is 6.92 Å². The van der Waals surface area contributed by atoms with Crippen molar-refractivity contribution in [2.75, 3.05) is 13.6 Å². The minimum atomic E-state index is -5.08. The Morgan fingerprint density at radius 1 is 1.24 bits per heavy atom. The number of benzene rings is 1. The molecular weight excluding hydrogens is 573 g/mol. The lowest BCUT2D eigenvalue weighted by atomic mass is 9.50. The summed E-state index contributed by atoms with van der Waals surface area (Å²) < 4.78 is 43.5. The molecule has 2 aliphatic carbocycles. The third kappa shape index (κ3) is 5.03. The Kier molecular flexibility index (Phi) is 7.94. The molecule has 0 aromatic heterocycles. The summed E-state index contributed by atoms with van der Waals surface area (Å²) in [7, 11) is 1.96. The number of carbonyl (C=O) groups excluding carboxylic acids is 2. The number of aliphatic hydroxyl groups is 2. The lowest BCUT2D eigenvalue weighted by molar-refractivity contribution is -0.192. The molecule has 1 saturated heterocycles. The van der Waals surface area contributed by atoms with Crippen LogP contribution in [0.3, 0.4) is 0 Å². The van der Waals surface area contributed by atoms with E-state index >= 15 is 0 Å². The molecule has 0 radical (unpaired) electrons. The van der Waals surface area contributed by atoms with E-state index in [9.17, 15) is 48.0 Å². The second-order valence-electron chi connectivity index (χ2n) is 10.7. The number of halogens is 3. The molecule has 1 spiro atoms. The maximum Gasteiger partial charge on any atom is 0.490 e. The van der Waals surface area contributed by atoms with E-state index in [1.807, 2.05) is 13.1 Å². The molecule has 6 N–H and O–H groups in total. The van der Waals surface area contributed by atoms with Crippen molar-refractivity contribution in [2.45, 2.75) is 74.1 Å². The number of ether oxygens (including phenoxy) is 2. The summed E-state index contributed by atoms with van der Waals surface area (Å²) in [6.07, 6.45) is -5.24. The Morgan fingerprint density at radius 3 is 2.45 bits per heavy atom. The van der Waals surface area contributed by atoms with Crippen LogP contribution in [0.1, 0.15) is 37.3 Å². The van der Waals surface area contributed by atoms with Crippen LogP contribution in [0.15, 0.2) is 24.0 Å². The Hall–Kier alpha value is -3.89. The van der Waals surface area contributed by atoms with Crippen molar-refractivity contribution in [1.82, 2.24) is 10.2 Å². The SMILES string of the molecule is C[C@H](O)C(=O)N[C@@H](CC(=O)OC1=CC[C@@]2(O)[C@H]3Cc4ccc(O)c5c4[C@@]2(CCN3C)[C@H]1O5)C(=O)O.O=C(O)C(F)(F)F. The van der Waals surface area contributed by atoms with Crippen molar-refractivity contribution in [3.05, 3.63) is 35.1 Å². The highest BCUT2D eigenvalue weighted by atomic mass is 19.4. The minimum absolute atomic E-state index is 0.0651. The number of hydrogen-bond acceptors (Lipinski definition) is 10. The van der Waals surface area contributed by atoms with Gasteiger partial charge in [-0.2, -0.15) is 13.2 Å². The van der Waals surface area contributed by atoms with Gasteiger partial charge in [0.05, 0.1) is 17.4 Å². The number of nitrogens with zero attached hydrogens (tertiary/aromatic N) is 1. The van der Waals surface area contributed by atoms with Gasteiger partial charge in [-0.05, 0) is 51.1 Å². The number of carboxylic acid groups (broad SMARTS) is 2. The third-order valence-electron chi connectivity index (χ3n) is 8.19. The van der Waals surface area contributed by atoms with E-state index in [0.29, 0.717) is 19.4 Å². The van der Waals surface area contributed by atoms with Gasteiger partial charge in [0, 0.05) is 18.0 Å². The molecule has 5 rings (SSSR count). The number of rotatable bonds is 6. The third-order valence-corrected chi connectivity index (χ3v) is 8.19. The summed E-state index contributed by atoms with van der Waals surface area (Å²) in [5.74, 6) is -5.71. The molecule has 0 saturated carbocycles. The number of esters is 1. The smallest absolute Gasteiger partial charge is 0.490 e. The molecule has 4 aliphatic rings. The number of alkyl halides is 3. The largest absolute Gasteiger partial charge is 0.504 e. The second-order valence-corrected chi connectivity index (χ2v) is 10.7. The predicted octanol–water partition coefficient (Wildman–Crippen LogP) is 0.187. The van der Waals surface area contributed by atoms with Gasteiger partial charge in [0.15, 0.2) is 17.6 Å². The number of hydrogen-bond donors (Lipinski definition) is 6. The van der Waals surface area contributed by atoms with E-state index in [1.54, 1.807) is 12.1 Å². The molecule has 1 aromatic carbocycles. The Morgan fingerprint density at radius 2 is 1.88 bits per heavy atom. The van der Waals surface area contributed by atoms with Crippen LogP contribution in [0.2, 0.25) is 0 Å². The number of amides is 1. The molecule has 230 valence electrons. The van der Waals surface area contributed by atoms with Gasteiger partial charge in [0.1, 0.15) is 17.9 Å². The Bertz CT molecular complexity index is 1350. The van der Waals surface area contributed by atoms with Crippen LogP contribution in [0.4, 0.5) is 13.2 Å². The van der Waals surface area contributed by atoms with Crippen molar-refractivity contribution in [2.24, 2.45) is 0 Å². The zero-order valence-corrected chi connectivity index (χ0v) is 22.3. The van der Waals surface area contributed by atoms with E-state index in [0.717, 1.165) is 11.1 Å². The number of carbonyl (C=O) groups is 4. The summed E-state index contributed by atoms with van der Waals surface area (Å²) in [4.78, 5) is 47.0. The first-order valence-electron chi connectivity index (χ1n) is 12.8. The molecule has 42 heavy (non-hydrogen) atoms. The summed E-state index contributed by atoms with van der Waals surface area (Å²) in [6.45, 7) is 1.84. The van der Waals surface area contributed by atoms with Gasteiger partial charge in [-0.3, -0.25) is 9.59 Å². The summed E-state index contributed by atoms with van der Waals surface area (Å²) in [5, 5.41) is 50.6. The Balaban J connectivity index is 0.000000517. The molecule has 13 nitrogen and oxygen atoms in total. The van der Waals surface area contributed by atoms with Gasteiger partial charge in [0.2, 0.25) is 5.91 Å². The molecule has 2 bridgehead atoms. The van der Waals surface area contributed by atoms with Crippen LogP contribution in [0.5, 0.6) is 11.5 Å². The number of phenolic OH excluding ortho intramolecular Hbond substituents is 1. The number of likely N-dealkylation sites (tertiary alicyclic amines) is 1. The lowest BCUT2D eigenvalue weighted by Gasteiger charge is -2.61. The fourth-order valence-corrected chi connectivity index (χ4v) is 6.27. The number of likely N-dealkylation sites (N-methyl/N-ethyl adjacent to an activating group) is 1. The second kappa shape index (κ2) is 10.7. The topological polar surface area (TPSA) is 203 Å². The van der Waals surface area contributed by atoms with Gasteiger partial charge in [-0.15, -0.1) is 0 Å². The molecule has 16 heteroatoms. The maximum absolute atomic E-state index is 12.8. The number of carboxylic acids is 2. The molecule has 1 fully saturated rings. The van der Waals surface area contributed by atoms with Crippen LogP contribution in [-0.4, -0.2) is 104 Å². The first kappa shape index (κ1) is 31.1. The van der Waals surface area contributed by atoms with Gasteiger partial charge >= 0.3 is 24.1 Å². The fourth-order valence-electron chi connectivity index (χ4n) is 6.27. The van der Waals surface area contributed by atoms with Gasteiger partial charge < -0.3 is 45.2 Å². The van der Waals surface area contributed by atoms with Crippen molar-refractivity contribution >= 4 is 23.8 Å². The molecule has 2 aliphatic heterocycles. The summed E-state index contributed by atoms with van der Waals surface area (Å²) >= 11 is 0. The van der Waals surface area contributed by atoms with Gasteiger partial charge in [-0.1, -0.05) is 6.07 Å². The van der Waals surface area contributed by atoms with E-state index in [-0.39, 0.29) is 29.7 Å². The highest BCUT2D eigenvalue weighted by Crippen LogP contribution is 2.65. The summed E-state index contributed by atoms with van der Waals surface area (Å²) in [6, 6.07) is 1.59. The van der Waals surface area contributed by atoms with Crippen LogP contribution in [0, 0.1) is 0 Å². The maximum atomic E-state index is 12.8. The lowest BCUT2D eigenvalue weighted by Crippen LogP contribution is -2.74. The first-order chi connectivity index (χ1) is 19.4. The van der Waals surface area contributed by atoms with Crippen molar-refractivity contribution in [3.63, 3.8) is 0 Å². The number of nitrogens with one attached hydrogen (secondary N) is 1. The molecule has 2 heterocycles. The monoisotopic (exact) mass is 602 g/mol. The van der Waals surface area contributed by atoms with E-state index in [4.69, 9.17) is 19.4 Å². The number of piperidine rings is 1. The average Bonchev–Trinajstić information content (AvgIpc) is 3.24. The molecule has 0 unspecified atom stereocenters. The predicted molar refractivity (Wildman–Crippen MR) is 132 cm³/mol. The molecular formula is C26H29F3N2O11. The van der Waals surface area contributed by atoms with Gasteiger partial charge in [0.25, 0.3) is 0 Å². The van der Waals surface area contributed by atoms with Crippen molar-refractivity contribution in [3.8, 4) is 11.5 Å². The van der Waals surface area contributed by atoms with Crippen molar-refractivity contribution in [1.29, 1.82) is 0 Å². The quantitative estimate of drug-likeness (QED) is 0.242. The van der Waals surface area contributed by atoms with E-state index in [2.05, 4.69) is 10.2 Å². The summed E-state index contributed by atoms with van der Waals surface area (Å²) in [5.41, 5.74) is -0.464. The number of aliphatic hydroxyl groups excluding tert-OH is 1. The number of phenols is 1. The number of aliphatic carboxylic acids is 2. The minimum Gasteiger partial charge on any atom is -0.504 e. The normalized spacial score (nSPS) is 28.5. The van der Waals surface area contributed by atoms with Gasteiger partial charge in [-0.25, -0.2) is 9.59 Å². The number of aromatic hydroxyl groups is 1. The molecule has 1 aromatic rings.